The van der Waals surface area contributed by atoms with Gasteiger partial charge in [0.1, 0.15) is 5.75 Å². The van der Waals surface area contributed by atoms with Gasteiger partial charge in [0.25, 0.3) is 0 Å². The molecule has 0 saturated heterocycles. The third kappa shape index (κ3) is 3.75. The van der Waals surface area contributed by atoms with Crippen molar-refractivity contribution in [2.75, 3.05) is 7.11 Å². The van der Waals surface area contributed by atoms with Crippen LogP contribution in [0.5, 0.6) is 5.75 Å². The van der Waals surface area contributed by atoms with E-state index in [0.29, 0.717) is 17.2 Å². The van der Waals surface area contributed by atoms with E-state index in [1.165, 1.54) is 32.1 Å². The van der Waals surface area contributed by atoms with Crippen molar-refractivity contribution in [2.24, 2.45) is 5.92 Å². The number of rotatable bonds is 6. The van der Waals surface area contributed by atoms with Gasteiger partial charge in [0.2, 0.25) is 10.0 Å². The van der Waals surface area contributed by atoms with Crippen molar-refractivity contribution in [1.82, 2.24) is 4.72 Å². The summed E-state index contributed by atoms with van der Waals surface area (Å²) in [5.74, 6) is 0.899. The SMILES string of the molecule is COc1ccc(S(=O)(=O)NC(C)C2CCCC2)cc1CO. The van der Waals surface area contributed by atoms with E-state index in [0.717, 1.165) is 12.8 Å². The number of aliphatic hydroxyl groups is 1. The van der Waals surface area contributed by atoms with Crippen LogP contribution < -0.4 is 9.46 Å². The van der Waals surface area contributed by atoms with E-state index < -0.39 is 10.0 Å². The number of methoxy groups -OCH3 is 1. The fourth-order valence-electron chi connectivity index (χ4n) is 2.91. The van der Waals surface area contributed by atoms with Crippen LogP contribution in [0.15, 0.2) is 23.1 Å². The first-order chi connectivity index (χ1) is 9.97. The maximum atomic E-state index is 12.4. The van der Waals surface area contributed by atoms with Gasteiger partial charge < -0.3 is 9.84 Å². The van der Waals surface area contributed by atoms with Gasteiger partial charge in [0, 0.05) is 11.6 Å². The third-order valence-corrected chi connectivity index (χ3v) is 5.74. The molecule has 1 aliphatic rings. The highest BCUT2D eigenvalue weighted by Crippen LogP contribution is 2.29. The largest absolute Gasteiger partial charge is 0.496 e. The molecule has 21 heavy (non-hydrogen) atoms. The van der Waals surface area contributed by atoms with E-state index in [9.17, 15) is 13.5 Å². The Morgan fingerprint density at radius 1 is 1.38 bits per heavy atom. The molecule has 1 atom stereocenters. The Bertz CT molecular complexity index is 579. The Morgan fingerprint density at radius 2 is 2.05 bits per heavy atom. The predicted octanol–water partition coefficient (Wildman–Crippen LogP) is 2.04. The molecule has 118 valence electrons. The lowest BCUT2D eigenvalue weighted by Crippen LogP contribution is -2.37. The van der Waals surface area contributed by atoms with Crippen LogP contribution >= 0.6 is 0 Å². The lowest BCUT2D eigenvalue weighted by atomic mass is 10.0. The van der Waals surface area contributed by atoms with Crippen LogP contribution in [-0.2, 0) is 16.6 Å². The number of hydrogen-bond acceptors (Lipinski definition) is 4. The molecule has 1 aromatic rings. The molecular weight excluding hydrogens is 290 g/mol. The highest BCUT2D eigenvalue weighted by molar-refractivity contribution is 7.89. The molecule has 6 heteroatoms. The van der Waals surface area contributed by atoms with Crippen LogP contribution in [-0.4, -0.2) is 26.7 Å². The molecular formula is C15H23NO4S. The smallest absolute Gasteiger partial charge is 0.240 e. The first-order valence-corrected chi connectivity index (χ1v) is 8.76. The molecule has 0 amide bonds. The molecule has 0 bridgehead atoms. The zero-order chi connectivity index (χ0) is 15.5. The molecule has 1 aromatic carbocycles. The van der Waals surface area contributed by atoms with Crippen molar-refractivity contribution in [3.05, 3.63) is 23.8 Å². The summed E-state index contributed by atoms with van der Waals surface area (Å²) in [6.45, 7) is 1.66. The van der Waals surface area contributed by atoms with Crippen molar-refractivity contribution in [3.8, 4) is 5.75 Å². The minimum Gasteiger partial charge on any atom is -0.496 e. The lowest BCUT2D eigenvalue weighted by molar-refractivity contribution is 0.273. The van der Waals surface area contributed by atoms with E-state index in [1.54, 1.807) is 6.07 Å². The molecule has 1 saturated carbocycles. The van der Waals surface area contributed by atoms with Gasteiger partial charge in [-0.1, -0.05) is 12.8 Å². The van der Waals surface area contributed by atoms with Crippen molar-refractivity contribution < 1.29 is 18.3 Å². The third-order valence-electron chi connectivity index (χ3n) is 4.18. The summed E-state index contributed by atoms with van der Waals surface area (Å²) >= 11 is 0. The maximum Gasteiger partial charge on any atom is 0.240 e. The van der Waals surface area contributed by atoms with Gasteiger partial charge in [-0.25, -0.2) is 13.1 Å². The first kappa shape index (κ1) is 16.3. The molecule has 0 radical (unpaired) electrons. The van der Waals surface area contributed by atoms with Gasteiger partial charge in [-0.15, -0.1) is 0 Å². The molecule has 1 unspecified atom stereocenters. The van der Waals surface area contributed by atoms with Gasteiger partial charge in [-0.3, -0.25) is 0 Å². The minimum atomic E-state index is -3.57. The number of aliphatic hydroxyl groups excluding tert-OH is 1. The molecule has 0 heterocycles. The summed E-state index contributed by atoms with van der Waals surface area (Å²) in [4.78, 5) is 0.164. The van der Waals surface area contributed by atoms with Crippen molar-refractivity contribution >= 4 is 10.0 Å². The van der Waals surface area contributed by atoms with Gasteiger partial charge in [-0.2, -0.15) is 0 Å². The number of sulfonamides is 1. The normalized spacial score (nSPS) is 17.9. The Hall–Kier alpha value is -1.11. The number of hydrogen-bond donors (Lipinski definition) is 2. The molecule has 5 nitrogen and oxygen atoms in total. The summed E-state index contributed by atoms with van der Waals surface area (Å²) < 4.78 is 32.7. The average molecular weight is 313 g/mol. The van der Waals surface area contributed by atoms with E-state index >= 15 is 0 Å². The molecule has 2 rings (SSSR count). The molecule has 1 aliphatic carbocycles. The average Bonchev–Trinajstić information content (AvgIpc) is 3.00. The van der Waals surface area contributed by atoms with Crippen LogP contribution in [0.4, 0.5) is 0 Å². The summed E-state index contributed by atoms with van der Waals surface area (Å²) in [6.07, 6.45) is 4.50. The predicted molar refractivity (Wildman–Crippen MR) is 80.7 cm³/mol. The number of benzene rings is 1. The summed E-state index contributed by atoms with van der Waals surface area (Å²) in [7, 11) is -2.08. The highest BCUT2D eigenvalue weighted by atomic mass is 32.2. The molecule has 2 N–H and O–H groups in total. The van der Waals surface area contributed by atoms with Gasteiger partial charge in [0.05, 0.1) is 18.6 Å². The molecule has 1 fully saturated rings. The van der Waals surface area contributed by atoms with Crippen LogP contribution in [0.2, 0.25) is 0 Å². The van der Waals surface area contributed by atoms with Gasteiger partial charge >= 0.3 is 0 Å². The highest BCUT2D eigenvalue weighted by Gasteiger charge is 2.26. The van der Waals surface area contributed by atoms with Gasteiger partial charge in [-0.05, 0) is 43.9 Å². The molecule has 0 spiro atoms. The topological polar surface area (TPSA) is 75.6 Å². The van der Waals surface area contributed by atoms with Gasteiger partial charge in [0.15, 0.2) is 0 Å². The molecule has 0 aliphatic heterocycles. The van der Waals surface area contributed by atoms with Crippen molar-refractivity contribution in [3.63, 3.8) is 0 Å². The quantitative estimate of drug-likeness (QED) is 0.843. The Balaban J connectivity index is 2.18. The summed E-state index contributed by atoms with van der Waals surface area (Å²) in [5.41, 5.74) is 0.467. The van der Waals surface area contributed by atoms with E-state index in [-0.39, 0.29) is 17.5 Å². The fourth-order valence-corrected chi connectivity index (χ4v) is 4.27. The van der Waals surface area contributed by atoms with E-state index in [1.807, 2.05) is 6.92 Å². The van der Waals surface area contributed by atoms with Crippen molar-refractivity contribution in [2.45, 2.75) is 50.2 Å². The fraction of sp³-hybridized carbons (Fsp3) is 0.600. The van der Waals surface area contributed by atoms with Crippen LogP contribution in [0.25, 0.3) is 0 Å². The Labute approximate surface area is 126 Å². The summed E-state index contributed by atoms with van der Waals surface area (Å²) in [6, 6.07) is 4.46. The maximum absolute atomic E-state index is 12.4. The second-order valence-corrected chi connectivity index (χ2v) is 7.30. The molecule has 0 aromatic heterocycles. The first-order valence-electron chi connectivity index (χ1n) is 7.28. The second kappa shape index (κ2) is 6.77. The zero-order valence-electron chi connectivity index (χ0n) is 12.5. The standard InChI is InChI=1S/C15H23NO4S/c1-11(12-5-3-4-6-12)16-21(18,19)14-7-8-15(20-2)13(9-14)10-17/h7-9,11-12,16-17H,3-6,10H2,1-2H3. The van der Waals surface area contributed by atoms with E-state index in [4.69, 9.17) is 4.74 Å². The van der Waals surface area contributed by atoms with Crippen LogP contribution in [0.1, 0.15) is 38.2 Å². The van der Waals surface area contributed by atoms with E-state index in [2.05, 4.69) is 4.72 Å². The van der Waals surface area contributed by atoms with Crippen LogP contribution in [0.3, 0.4) is 0 Å². The number of nitrogens with one attached hydrogen (secondary N) is 1. The second-order valence-electron chi connectivity index (χ2n) is 5.59. The van der Waals surface area contributed by atoms with Crippen molar-refractivity contribution in [1.29, 1.82) is 0 Å². The summed E-state index contributed by atoms with van der Waals surface area (Å²) in [5, 5.41) is 9.30. The lowest BCUT2D eigenvalue weighted by Gasteiger charge is -2.20. The Morgan fingerprint density at radius 3 is 2.62 bits per heavy atom. The Kier molecular flexibility index (Phi) is 5.24. The van der Waals surface area contributed by atoms with Crippen LogP contribution in [0, 0.1) is 5.92 Å². The number of ether oxygens (including phenoxy) is 1. The zero-order valence-corrected chi connectivity index (χ0v) is 13.3. The minimum absolute atomic E-state index is 0.0721. The monoisotopic (exact) mass is 313 g/mol.